The minimum absolute atomic E-state index is 0. The zero-order valence-electron chi connectivity index (χ0n) is 15.5. The van der Waals surface area contributed by atoms with Crippen LogP contribution in [-0.2, 0) is 4.79 Å². The van der Waals surface area contributed by atoms with Crippen molar-refractivity contribution < 1.29 is 19.4 Å². The smallest absolute Gasteiger partial charge is 0.255 e. The molecule has 0 radical (unpaired) electrons. The predicted molar refractivity (Wildman–Crippen MR) is 110 cm³/mol. The van der Waals surface area contributed by atoms with Gasteiger partial charge in [-0.15, -0.1) is 12.4 Å². The summed E-state index contributed by atoms with van der Waals surface area (Å²) in [6.07, 6.45) is -0.0940. The molecule has 0 bridgehead atoms. The van der Waals surface area contributed by atoms with E-state index in [9.17, 15) is 14.7 Å². The van der Waals surface area contributed by atoms with Gasteiger partial charge in [0.2, 0.25) is 5.91 Å². The fourth-order valence-corrected chi connectivity index (χ4v) is 2.86. The molecule has 2 aromatic rings. The number of nitrogens with one attached hydrogen (secondary N) is 3. The molecule has 2 aromatic carbocycles. The van der Waals surface area contributed by atoms with Crippen molar-refractivity contribution in [3.8, 4) is 5.75 Å². The molecule has 150 valence electrons. The van der Waals surface area contributed by atoms with E-state index in [0.717, 1.165) is 5.75 Å². The lowest BCUT2D eigenvalue weighted by atomic mass is 10.1. The Kier molecular flexibility index (Phi) is 7.80. The second kappa shape index (κ2) is 10.1. The minimum atomic E-state index is -0.491. The number of carbonyl (C=O) groups is 2. The summed E-state index contributed by atoms with van der Waals surface area (Å²) in [7, 11) is 0. The summed E-state index contributed by atoms with van der Waals surface area (Å²) in [5.74, 6) is 0.315. The van der Waals surface area contributed by atoms with Gasteiger partial charge in [0.25, 0.3) is 5.91 Å². The van der Waals surface area contributed by atoms with Crippen LogP contribution in [0.3, 0.4) is 0 Å². The van der Waals surface area contributed by atoms with Crippen molar-refractivity contribution in [1.29, 1.82) is 0 Å². The average Bonchev–Trinajstić information content (AvgIpc) is 3.11. The molecule has 0 spiro atoms. The van der Waals surface area contributed by atoms with Crippen LogP contribution >= 0.6 is 12.4 Å². The lowest BCUT2D eigenvalue weighted by Crippen LogP contribution is -2.35. The van der Waals surface area contributed by atoms with Gasteiger partial charge in [-0.2, -0.15) is 0 Å². The van der Waals surface area contributed by atoms with Crippen LogP contribution < -0.4 is 20.7 Å². The first-order valence-electron chi connectivity index (χ1n) is 8.91. The molecule has 1 fully saturated rings. The number of anilines is 2. The topological polar surface area (TPSA) is 99.7 Å². The van der Waals surface area contributed by atoms with Gasteiger partial charge in [-0.3, -0.25) is 9.59 Å². The first kappa shape index (κ1) is 21.7. The summed E-state index contributed by atoms with van der Waals surface area (Å²) in [6, 6.07) is 13.4. The number of amides is 2. The van der Waals surface area contributed by atoms with E-state index in [0.29, 0.717) is 36.5 Å². The molecule has 0 saturated carbocycles. The Morgan fingerprint density at radius 1 is 1.07 bits per heavy atom. The maximum absolute atomic E-state index is 12.3. The summed E-state index contributed by atoms with van der Waals surface area (Å²) in [6.45, 7) is 2.92. The highest BCUT2D eigenvalue weighted by Gasteiger charge is 2.27. The van der Waals surface area contributed by atoms with Crippen LogP contribution in [0.25, 0.3) is 0 Å². The number of β-amino-alcohol motifs (C(OH)–C–C–N with tert-alkyl or cyclic N) is 1. The van der Waals surface area contributed by atoms with Gasteiger partial charge in [-0.25, -0.2) is 0 Å². The molecule has 1 aliphatic heterocycles. The highest BCUT2D eigenvalue weighted by Crippen LogP contribution is 2.17. The molecule has 2 amide bonds. The molecular weight excluding hydrogens is 382 g/mol. The van der Waals surface area contributed by atoms with Crippen molar-refractivity contribution in [2.45, 2.75) is 25.5 Å². The van der Waals surface area contributed by atoms with Crippen LogP contribution in [0.4, 0.5) is 11.4 Å². The number of aliphatic hydroxyl groups is 1. The van der Waals surface area contributed by atoms with Crippen LogP contribution in [0.5, 0.6) is 5.75 Å². The van der Waals surface area contributed by atoms with E-state index >= 15 is 0 Å². The van der Waals surface area contributed by atoms with E-state index in [4.69, 9.17) is 4.74 Å². The number of carbonyl (C=O) groups excluding carboxylic acids is 2. The standard InChI is InChI=1S/C20H23N3O4.ClH/c1-2-27-17-9-7-15(8-10-17)22-19(25)13-3-5-14(6-4-13)23-20(26)18-11-16(24)12-21-18;/h3-10,16,18,21,24H,2,11-12H2,1H3,(H,22,25)(H,23,26);1H. The third-order valence-electron chi connectivity index (χ3n) is 4.26. The summed E-state index contributed by atoms with van der Waals surface area (Å²) in [4.78, 5) is 24.5. The Morgan fingerprint density at radius 3 is 2.25 bits per heavy atom. The van der Waals surface area contributed by atoms with Gasteiger partial charge in [-0.1, -0.05) is 0 Å². The fourth-order valence-electron chi connectivity index (χ4n) is 2.86. The summed E-state index contributed by atoms with van der Waals surface area (Å²) >= 11 is 0. The zero-order valence-corrected chi connectivity index (χ0v) is 16.3. The molecule has 28 heavy (non-hydrogen) atoms. The summed E-state index contributed by atoms with van der Waals surface area (Å²) < 4.78 is 5.37. The summed E-state index contributed by atoms with van der Waals surface area (Å²) in [5.41, 5.74) is 1.75. The highest BCUT2D eigenvalue weighted by atomic mass is 35.5. The number of benzene rings is 2. The van der Waals surface area contributed by atoms with Crippen molar-refractivity contribution in [2.75, 3.05) is 23.8 Å². The van der Waals surface area contributed by atoms with E-state index in [1.165, 1.54) is 0 Å². The molecular formula is C20H24ClN3O4. The number of ether oxygens (including phenoxy) is 1. The Morgan fingerprint density at radius 2 is 1.68 bits per heavy atom. The molecule has 1 saturated heterocycles. The second-order valence-corrected chi connectivity index (χ2v) is 6.33. The molecule has 0 aromatic heterocycles. The maximum atomic E-state index is 12.3. The van der Waals surface area contributed by atoms with Crippen LogP contribution in [0.1, 0.15) is 23.7 Å². The largest absolute Gasteiger partial charge is 0.494 e. The third-order valence-corrected chi connectivity index (χ3v) is 4.26. The Balaban J connectivity index is 0.00000280. The molecule has 4 N–H and O–H groups in total. The van der Waals surface area contributed by atoms with Gasteiger partial charge >= 0.3 is 0 Å². The van der Waals surface area contributed by atoms with Crippen molar-refractivity contribution in [2.24, 2.45) is 0 Å². The maximum Gasteiger partial charge on any atom is 0.255 e. The number of aliphatic hydroxyl groups excluding tert-OH is 1. The lowest BCUT2D eigenvalue weighted by molar-refractivity contribution is -0.117. The number of halogens is 1. The van der Waals surface area contributed by atoms with Crippen molar-refractivity contribution in [3.05, 3.63) is 54.1 Å². The Bertz CT molecular complexity index is 796. The van der Waals surface area contributed by atoms with Crippen LogP contribution in [0, 0.1) is 0 Å². The van der Waals surface area contributed by atoms with Gasteiger partial charge in [0.15, 0.2) is 0 Å². The molecule has 3 rings (SSSR count). The molecule has 7 nitrogen and oxygen atoms in total. The van der Waals surface area contributed by atoms with Gasteiger partial charge < -0.3 is 25.8 Å². The number of rotatable bonds is 6. The molecule has 0 aliphatic carbocycles. The van der Waals surface area contributed by atoms with E-state index in [-0.39, 0.29) is 24.2 Å². The van der Waals surface area contributed by atoms with Gasteiger partial charge in [0.1, 0.15) is 5.75 Å². The van der Waals surface area contributed by atoms with E-state index in [1.807, 2.05) is 6.92 Å². The number of hydrogen-bond acceptors (Lipinski definition) is 5. The first-order chi connectivity index (χ1) is 13.0. The average molecular weight is 406 g/mol. The first-order valence-corrected chi connectivity index (χ1v) is 8.91. The van der Waals surface area contributed by atoms with Crippen molar-refractivity contribution in [1.82, 2.24) is 5.32 Å². The monoisotopic (exact) mass is 405 g/mol. The molecule has 1 heterocycles. The summed E-state index contributed by atoms with van der Waals surface area (Å²) in [5, 5.41) is 18.0. The lowest BCUT2D eigenvalue weighted by Gasteiger charge is -2.11. The molecule has 2 unspecified atom stereocenters. The van der Waals surface area contributed by atoms with Crippen LogP contribution in [-0.4, -0.2) is 42.2 Å². The molecule has 1 aliphatic rings. The number of hydrogen-bond donors (Lipinski definition) is 4. The normalized spacial score (nSPS) is 18.1. The van der Waals surface area contributed by atoms with E-state index in [2.05, 4.69) is 16.0 Å². The van der Waals surface area contributed by atoms with Gasteiger partial charge in [0.05, 0.1) is 18.8 Å². The second-order valence-electron chi connectivity index (χ2n) is 6.33. The molecule has 8 heteroatoms. The van der Waals surface area contributed by atoms with Gasteiger partial charge in [0, 0.05) is 23.5 Å². The third kappa shape index (κ3) is 5.69. The van der Waals surface area contributed by atoms with Crippen LogP contribution in [0.2, 0.25) is 0 Å². The quantitative estimate of drug-likeness (QED) is 0.591. The fraction of sp³-hybridized carbons (Fsp3) is 0.300. The van der Waals surface area contributed by atoms with Crippen LogP contribution in [0.15, 0.2) is 48.5 Å². The van der Waals surface area contributed by atoms with Crippen molar-refractivity contribution in [3.63, 3.8) is 0 Å². The Hall–Kier alpha value is -2.61. The van der Waals surface area contributed by atoms with E-state index < -0.39 is 12.1 Å². The predicted octanol–water partition coefficient (Wildman–Crippen LogP) is 2.42. The van der Waals surface area contributed by atoms with E-state index in [1.54, 1.807) is 48.5 Å². The molecule has 2 atom stereocenters. The SMILES string of the molecule is CCOc1ccc(NC(=O)c2ccc(NC(=O)C3CC(O)CN3)cc2)cc1.Cl. The van der Waals surface area contributed by atoms with Crippen molar-refractivity contribution >= 4 is 35.6 Å². The Labute approximate surface area is 169 Å². The minimum Gasteiger partial charge on any atom is -0.494 e. The van der Waals surface area contributed by atoms with Gasteiger partial charge in [-0.05, 0) is 61.9 Å². The zero-order chi connectivity index (χ0) is 19.2. The highest BCUT2D eigenvalue weighted by molar-refractivity contribution is 6.04.